The molecule has 6 heteroatoms. The quantitative estimate of drug-likeness (QED) is 0.384. The van der Waals surface area contributed by atoms with Gasteiger partial charge >= 0.3 is 5.97 Å². The van der Waals surface area contributed by atoms with Crippen LogP contribution in [0.15, 0.2) is 66.4 Å². The second kappa shape index (κ2) is 8.66. The minimum absolute atomic E-state index is 0.192. The zero-order valence-corrected chi connectivity index (χ0v) is 17.7. The van der Waals surface area contributed by atoms with Crippen molar-refractivity contribution >= 4 is 29.4 Å². The number of allylic oxidation sites excluding steroid dienone is 1. The largest absolute Gasteiger partial charge is 0.488 e. The SMILES string of the molecule is COC(=O)c1ccc(COc2ccc3c(c2C)O/C(=C\c2ccccc2Cl)C3=O)cc1. The Labute approximate surface area is 184 Å². The molecule has 3 aromatic carbocycles. The number of esters is 1. The monoisotopic (exact) mass is 434 g/mol. The van der Waals surface area contributed by atoms with Crippen LogP contribution in [0.2, 0.25) is 5.02 Å². The summed E-state index contributed by atoms with van der Waals surface area (Å²) in [6.07, 6.45) is 1.65. The third-order valence-electron chi connectivity index (χ3n) is 5.00. The highest BCUT2D eigenvalue weighted by Gasteiger charge is 2.30. The second-order valence-corrected chi connectivity index (χ2v) is 7.41. The Balaban J connectivity index is 1.52. The maximum absolute atomic E-state index is 12.8. The number of ketones is 1. The van der Waals surface area contributed by atoms with Gasteiger partial charge in [0.15, 0.2) is 5.76 Å². The van der Waals surface area contributed by atoms with E-state index in [0.29, 0.717) is 39.8 Å². The Morgan fingerprint density at radius 3 is 2.52 bits per heavy atom. The topological polar surface area (TPSA) is 61.8 Å². The van der Waals surface area contributed by atoms with Gasteiger partial charge in [-0.25, -0.2) is 4.79 Å². The average molecular weight is 435 g/mol. The van der Waals surface area contributed by atoms with Gasteiger partial charge in [0, 0.05) is 10.6 Å². The van der Waals surface area contributed by atoms with E-state index in [-0.39, 0.29) is 17.5 Å². The third-order valence-corrected chi connectivity index (χ3v) is 5.34. The predicted molar refractivity (Wildman–Crippen MR) is 118 cm³/mol. The van der Waals surface area contributed by atoms with E-state index in [1.165, 1.54) is 7.11 Å². The first-order valence-electron chi connectivity index (χ1n) is 9.60. The Hall–Kier alpha value is -3.57. The number of carbonyl (C=O) groups excluding carboxylic acids is 2. The lowest BCUT2D eigenvalue weighted by Gasteiger charge is -2.12. The van der Waals surface area contributed by atoms with Gasteiger partial charge in [-0.1, -0.05) is 41.9 Å². The minimum Gasteiger partial charge on any atom is -0.488 e. The summed E-state index contributed by atoms with van der Waals surface area (Å²) in [5.41, 5.74) is 3.31. The molecule has 1 aliphatic heterocycles. The minimum atomic E-state index is -0.385. The molecule has 31 heavy (non-hydrogen) atoms. The van der Waals surface area contributed by atoms with Crippen LogP contribution < -0.4 is 9.47 Å². The highest BCUT2D eigenvalue weighted by atomic mass is 35.5. The number of carbonyl (C=O) groups is 2. The van der Waals surface area contributed by atoms with Crippen molar-refractivity contribution in [3.05, 3.63) is 99.3 Å². The van der Waals surface area contributed by atoms with Crippen LogP contribution in [0.1, 0.15) is 37.4 Å². The Morgan fingerprint density at radius 2 is 1.81 bits per heavy atom. The van der Waals surface area contributed by atoms with Gasteiger partial charge in [-0.3, -0.25) is 4.79 Å². The van der Waals surface area contributed by atoms with E-state index < -0.39 is 0 Å². The molecule has 0 spiro atoms. The molecule has 0 radical (unpaired) electrons. The van der Waals surface area contributed by atoms with Crippen LogP contribution >= 0.6 is 11.6 Å². The van der Waals surface area contributed by atoms with Crippen molar-refractivity contribution in [1.29, 1.82) is 0 Å². The van der Waals surface area contributed by atoms with Crippen LogP contribution in [0.3, 0.4) is 0 Å². The molecule has 0 aromatic heterocycles. The first kappa shape index (κ1) is 20.7. The smallest absolute Gasteiger partial charge is 0.337 e. The van der Waals surface area contributed by atoms with Crippen molar-refractivity contribution in [2.75, 3.05) is 7.11 Å². The van der Waals surface area contributed by atoms with Crippen LogP contribution in [0, 0.1) is 6.92 Å². The van der Waals surface area contributed by atoms with Gasteiger partial charge in [-0.15, -0.1) is 0 Å². The Morgan fingerprint density at radius 1 is 1.06 bits per heavy atom. The van der Waals surface area contributed by atoms with E-state index in [0.717, 1.165) is 11.1 Å². The first-order valence-corrected chi connectivity index (χ1v) is 9.98. The van der Waals surface area contributed by atoms with Crippen LogP contribution in [0.4, 0.5) is 0 Å². The molecule has 4 rings (SSSR count). The van der Waals surface area contributed by atoms with Crippen LogP contribution in [-0.2, 0) is 11.3 Å². The summed E-state index contributed by atoms with van der Waals surface area (Å²) in [6, 6.07) is 17.7. The van der Waals surface area contributed by atoms with Crippen molar-refractivity contribution in [3.8, 4) is 11.5 Å². The normalized spacial score (nSPS) is 13.6. The summed E-state index contributed by atoms with van der Waals surface area (Å²) in [5, 5.41) is 0.543. The van der Waals surface area contributed by atoms with E-state index in [1.54, 1.807) is 48.5 Å². The number of ether oxygens (including phenoxy) is 3. The molecule has 5 nitrogen and oxygen atoms in total. The molecule has 3 aromatic rings. The number of hydrogen-bond acceptors (Lipinski definition) is 5. The Bertz CT molecular complexity index is 1200. The van der Waals surface area contributed by atoms with Crippen molar-refractivity contribution in [3.63, 3.8) is 0 Å². The highest BCUT2D eigenvalue weighted by molar-refractivity contribution is 6.32. The fourth-order valence-corrected chi connectivity index (χ4v) is 3.46. The van der Waals surface area contributed by atoms with Gasteiger partial charge in [-0.2, -0.15) is 0 Å². The van der Waals surface area contributed by atoms with E-state index in [9.17, 15) is 9.59 Å². The Kier molecular flexibility index (Phi) is 5.78. The summed E-state index contributed by atoms with van der Waals surface area (Å²) in [5.74, 6) is 0.749. The molecule has 1 aliphatic rings. The molecule has 156 valence electrons. The molecule has 0 saturated heterocycles. The van der Waals surface area contributed by atoms with E-state index in [1.807, 2.05) is 25.1 Å². The number of fused-ring (bicyclic) bond motifs is 1. The fourth-order valence-electron chi connectivity index (χ4n) is 3.27. The lowest BCUT2D eigenvalue weighted by Crippen LogP contribution is -2.02. The summed E-state index contributed by atoms with van der Waals surface area (Å²) in [6.45, 7) is 2.15. The number of hydrogen-bond donors (Lipinski definition) is 0. The first-order chi connectivity index (χ1) is 15.0. The van der Waals surface area contributed by atoms with Gasteiger partial charge in [-0.05, 0) is 54.5 Å². The van der Waals surface area contributed by atoms with Crippen LogP contribution in [0.5, 0.6) is 11.5 Å². The summed E-state index contributed by atoms with van der Waals surface area (Å²) < 4.78 is 16.5. The van der Waals surface area contributed by atoms with Crippen LogP contribution in [-0.4, -0.2) is 18.9 Å². The molecule has 0 atom stereocenters. The second-order valence-electron chi connectivity index (χ2n) is 7.00. The lowest BCUT2D eigenvalue weighted by atomic mass is 10.1. The van der Waals surface area contributed by atoms with Gasteiger partial charge in [0.1, 0.15) is 18.1 Å². The molecule has 0 amide bonds. The molecule has 0 aliphatic carbocycles. The average Bonchev–Trinajstić information content (AvgIpc) is 3.11. The molecule has 0 N–H and O–H groups in total. The number of methoxy groups -OCH3 is 1. The van der Waals surface area contributed by atoms with Gasteiger partial charge in [0.25, 0.3) is 0 Å². The van der Waals surface area contributed by atoms with Crippen LogP contribution in [0.25, 0.3) is 6.08 Å². The molecule has 0 saturated carbocycles. The summed E-state index contributed by atoms with van der Waals surface area (Å²) in [4.78, 5) is 24.3. The molecule has 0 unspecified atom stereocenters. The molecular weight excluding hydrogens is 416 g/mol. The molecule has 0 fully saturated rings. The summed E-state index contributed by atoms with van der Waals surface area (Å²) in [7, 11) is 1.35. The maximum Gasteiger partial charge on any atom is 0.337 e. The van der Waals surface area contributed by atoms with E-state index in [4.69, 9.17) is 25.8 Å². The summed E-state index contributed by atoms with van der Waals surface area (Å²) >= 11 is 6.20. The zero-order chi connectivity index (χ0) is 22.0. The van der Waals surface area contributed by atoms with Gasteiger partial charge in [0.05, 0.1) is 18.2 Å². The van der Waals surface area contributed by atoms with Crippen molar-refractivity contribution in [2.45, 2.75) is 13.5 Å². The number of Topliss-reactive ketones (excluding diaryl/α,β-unsaturated/α-hetero) is 1. The fraction of sp³-hybridized carbons (Fsp3) is 0.120. The molecular formula is C25H19ClO5. The standard InChI is InChI=1S/C25H19ClO5/c1-15-21(30-14-16-7-9-17(10-8-16)25(28)29-2)12-11-19-23(27)22(31-24(15)19)13-18-5-3-4-6-20(18)26/h3-13H,14H2,1-2H3/b22-13-. The third kappa shape index (κ3) is 4.18. The van der Waals surface area contributed by atoms with E-state index in [2.05, 4.69) is 0 Å². The number of benzene rings is 3. The van der Waals surface area contributed by atoms with Crippen molar-refractivity contribution < 1.29 is 23.8 Å². The molecule has 1 heterocycles. The number of rotatable bonds is 5. The predicted octanol–water partition coefficient (Wildman–Crippen LogP) is 5.63. The highest BCUT2D eigenvalue weighted by Crippen LogP contribution is 2.39. The van der Waals surface area contributed by atoms with E-state index >= 15 is 0 Å². The van der Waals surface area contributed by atoms with Crippen molar-refractivity contribution in [1.82, 2.24) is 0 Å². The number of halogens is 1. The molecule has 0 bridgehead atoms. The van der Waals surface area contributed by atoms with Gasteiger partial charge < -0.3 is 14.2 Å². The van der Waals surface area contributed by atoms with Crippen molar-refractivity contribution in [2.24, 2.45) is 0 Å². The zero-order valence-electron chi connectivity index (χ0n) is 17.0. The lowest BCUT2D eigenvalue weighted by molar-refractivity contribution is 0.0600. The maximum atomic E-state index is 12.8. The van der Waals surface area contributed by atoms with Gasteiger partial charge in [0.2, 0.25) is 5.78 Å².